The van der Waals surface area contributed by atoms with Crippen LogP contribution < -0.4 is 9.04 Å². The van der Waals surface area contributed by atoms with Crippen LogP contribution in [-0.4, -0.2) is 30.9 Å². The summed E-state index contributed by atoms with van der Waals surface area (Å²) < 4.78 is 28.7. The first-order chi connectivity index (χ1) is 16.8. The second kappa shape index (κ2) is 10.7. The highest BCUT2D eigenvalue weighted by molar-refractivity contribution is 7.80. The molecule has 0 saturated carbocycles. The first kappa shape index (κ1) is 24.4. The van der Waals surface area contributed by atoms with Crippen LogP contribution in [0.4, 0.5) is 5.69 Å². The second-order valence-electron chi connectivity index (χ2n) is 8.43. The molecule has 3 aromatic carbocycles. The monoisotopic (exact) mass is 490 g/mol. The van der Waals surface area contributed by atoms with E-state index in [1.54, 1.807) is 44.3 Å². The number of carbonyl (C=O) groups is 1. The molecule has 35 heavy (non-hydrogen) atoms. The highest BCUT2D eigenvalue weighted by Crippen LogP contribution is 2.28. The van der Waals surface area contributed by atoms with Gasteiger partial charge in [-0.05, 0) is 53.4 Å². The standard InChI is InChI=1S/C27H26N2O5S/c1-18(2)26(27(30)31)29(35(32)33)22-11-7-19(8-12-22)20-9-13-23(14-10-20)34-17-21-15-16-28-25-6-4-3-5-24(21)25/h3-16,18,26H,17H2,1-2H3,(H,30,31)(H,32,33). The lowest BCUT2D eigenvalue weighted by Gasteiger charge is -2.29. The Bertz CT molecular complexity index is 1330. The van der Waals surface area contributed by atoms with E-state index in [1.165, 1.54) is 0 Å². The Morgan fingerprint density at radius 2 is 1.60 bits per heavy atom. The molecule has 0 saturated heterocycles. The van der Waals surface area contributed by atoms with Gasteiger partial charge in [-0.1, -0.05) is 56.3 Å². The number of aromatic nitrogens is 1. The Kier molecular flexibility index (Phi) is 7.43. The maximum Gasteiger partial charge on any atom is 0.327 e. The summed E-state index contributed by atoms with van der Waals surface area (Å²) in [5.74, 6) is -0.780. The number of hydrogen-bond acceptors (Lipinski definition) is 4. The number of anilines is 1. The summed E-state index contributed by atoms with van der Waals surface area (Å²) >= 11 is -2.48. The summed E-state index contributed by atoms with van der Waals surface area (Å²) in [4.78, 5) is 16.1. The Morgan fingerprint density at radius 3 is 2.20 bits per heavy atom. The molecule has 0 amide bonds. The minimum absolute atomic E-state index is 0.360. The molecule has 0 aliphatic rings. The number of para-hydroxylation sites is 1. The molecule has 7 nitrogen and oxygen atoms in total. The second-order valence-corrected chi connectivity index (χ2v) is 9.29. The first-order valence-electron chi connectivity index (χ1n) is 11.1. The predicted octanol–water partition coefficient (Wildman–Crippen LogP) is 5.53. The van der Waals surface area contributed by atoms with Gasteiger partial charge in [-0.15, -0.1) is 0 Å². The van der Waals surface area contributed by atoms with Crippen molar-refractivity contribution in [2.75, 3.05) is 4.31 Å². The Balaban J connectivity index is 1.48. The molecule has 2 atom stereocenters. The minimum atomic E-state index is -2.48. The Hall–Kier alpha value is -3.75. The van der Waals surface area contributed by atoms with E-state index in [9.17, 15) is 18.7 Å². The van der Waals surface area contributed by atoms with Crippen LogP contribution in [0.3, 0.4) is 0 Å². The Morgan fingerprint density at radius 1 is 0.971 bits per heavy atom. The quantitative estimate of drug-likeness (QED) is 0.299. The molecule has 2 N–H and O–H groups in total. The molecular formula is C27H26N2O5S. The van der Waals surface area contributed by atoms with Crippen molar-refractivity contribution in [2.45, 2.75) is 26.5 Å². The van der Waals surface area contributed by atoms with Crippen molar-refractivity contribution in [1.29, 1.82) is 0 Å². The lowest BCUT2D eigenvalue weighted by molar-refractivity contribution is -0.139. The molecule has 0 fully saturated rings. The van der Waals surface area contributed by atoms with Crippen molar-refractivity contribution in [2.24, 2.45) is 5.92 Å². The molecule has 0 aliphatic heterocycles. The van der Waals surface area contributed by atoms with E-state index in [1.807, 2.05) is 54.6 Å². The number of ether oxygens (including phenoxy) is 1. The molecular weight excluding hydrogens is 464 g/mol. The summed E-state index contributed by atoms with van der Waals surface area (Å²) in [5.41, 5.74) is 4.18. The summed E-state index contributed by atoms with van der Waals surface area (Å²) in [6.07, 6.45) is 1.78. The third kappa shape index (κ3) is 5.50. The van der Waals surface area contributed by atoms with Gasteiger partial charge in [-0.25, -0.2) is 9.00 Å². The van der Waals surface area contributed by atoms with Crippen LogP contribution in [0.25, 0.3) is 22.0 Å². The van der Waals surface area contributed by atoms with Gasteiger partial charge in [0.15, 0.2) is 0 Å². The van der Waals surface area contributed by atoms with E-state index >= 15 is 0 Å². The van der Waals surface area contributed by atoms with Crippen LogP contribution in [0.2, 0.25) is 0 Å². The number of rotatable bonds is 9. The number of nitrogens with zero attached hydrogens (tertiary/aromatic N) is 2. The zero-order chi connectivity index (χ0) is 24.9. The highest BCUT2D eigenvalue weighted by atomic mass is 32.2. The highest BCUT2D eigenvalue weighted by Gasteiger charge is 2.32. The fourth-order valence-electron chi connectivity index (χ4n) is 3.99. The maximum atomic E-state index is 11.9. The predicted molar refractivity (Wildman–Crippen MR) is 137 cm³/mol. The third-order valence-corrected chi connectivity index (χ3v) is 6.52. The first-order valence-corrected chi connectivity index (χ1v) is 12.2. The van der Waals surface area contributed by atoms with E-state index < -0.39 is 23.3 Å². The molecule has 0 aliphatic carbocycles. The molecule has 8 heteroatoms. The smallest absolute Gasteiger partial charge is 0.327 e. The van der Waals surface area contributed by atoms with Crippen LogP contribution >= 0.6 is 0 Å². The summed E-state index contributed by atoms with van der Waals surface area (Å²) in [6, 6.07) is 23.3. The number of benzene rings is 3. The topological polar surface area (TPSA) is 100.0 Å². The fourth-order valence-corrected chi connectivity index (χ4v) is 4.82. The van der Waals surface area contributed by atoms with E-state index in [0.29, 0.717) is 12.3 Å². The normalized spacial score (nSPS) is 12.9. The third-order valence-electron chi connectivity index (χ3n) is 5.75. The summed E-state index contributed by atoms with van der Waals surface area (Å²) in [6.45, 7) is 3.83. The molecule has 0 spiro atoms. The van der Waals surface area contributed by atoms with Crippen molar-refractivity contribution in [1.82, 2.24) is 4.98 Å². The Labute approximate surface area is 206 Å². The molecule has 1 aromatic heterocycles. The lowest BCUT2D eigenvalue weighted by Crippen LogP contribution is -2.45. The van der Waals surface area contributed by atoms with Gasteiger partial charge in [-0.2, -0.15) is 0 Å². The van der Waals surface area contributed by atoms with Crippen molar-refractivity contribution in [3.8, 4) is 16.9 Å². The van der Waals surface area contributed by atoms with Crippen LogP contribution in [0.5, 0.6) is 5.75 Å². The number of hydrogen-bond donors (Lipinski definition) is 2. The van der Waals surface area contributed by atoms with E-state index in [4.69, 9.17) is 4.74 Å². The van der Waals surface area contributed by atoms with Gasteiger partial charge < -0.3 is 9.84 Å². The molecule has 4 aromatic rings. The van der Waals surface area contributed by atoms with Crippen LogP contribution in [0, 0.1) is 5.92 Å². The van der Waals surface area contributed by atoms with E-state index in [-0.39, 0.29) is 5.92 Å². The molecule has 0 bridgehead atoms. The number of pyridine rings is 1. The number of aliphatic carboxylic acids is 1. The van der Waals surface area contributed by atoms with Gasteiger partial charge in [0.1, 0.15) is 18.4 Å². The van der Waals surface area contributed by atoms with Gasteiger partial charge in [0.05, 0.1) is 11.2 Å². The number of carboxylic acids is 1. The molecule has 2 unspecified atom stereocenters. The van der Waals surface area contributed by atoms with Crippen molar-refractivity contribution in [3.63, 3.8) is 0 Å². The SMILES string of the molecule is CC(C)C(C(=O)O)N(c1ccc(-c2ccc(OCc3ccnc4ccccc34)cc2)cc1)S(=O)O. The van der Waals surface area contributed by atoms with E-state index in [0.717, 1.165) is 37.6 Å². The van der Waals surface area contributed by atoms with Gasteiger partial charge in [-0.3, -0.25) is 13.8 Å². The van der Waals surface area contributed by atoms with Crippen LogP contribution in [-0.2, 0) is 22.7 Å². The molecule has 1 heterocycles. The van der Waals surface area contributed by atoms with Gasteiger partial charge in [0.2, 0.25) is 0 Å². The number of fused-ring (bicyclic) bond motifs is 1. The lowest BCUT2D eigenvalue weighted by atomic mass is 10.0. The van der Waals surface area contributed by atoms with Crippen LogP contribution in [0.1, 0.15) is 19.4 Å². The van der Waals surface area contributed by atoms with Crippen molar-refractivity contribution >= 4 is 33.8 Å². The number of carboxylic acid groups (broad SMARTS) is 1. The largest absolute Gasteiger partial charge is 0.489 e. The van der Waals surface area contributed by atoms with Crippen molar-refractivity contribution < 1.29 is 23.4 Å². The fraction of sp³-hybridized carbons (Fsp3) is 0.185. The molecule has 4 rings (SSSR count). The van der Waals surface area contributed by atoms with Gasteiger partial charge >= 0.3 is 5.97 Å². The van der Waals surface area contributed by atoms with Crippen molar-refractivity contribution in [3.05, 3.63) is 90.6 Å². The summed E-state index contributed by atoms with van der Waals surface area (Å²) in [5, 5.41) is 10.6. The molecule has 0 radical (unpaired) electrons. The molecule has 180 valence electrons. The summed E-state index contributed by atoms with van der Waals surface area (Å²) in [7, 11) is 0. The average Bonchev–Trinajstić information content (AvgIpc) is 2.85. The minimum Gasteiger partial charge on any atom is -0.489 e. The average molecular weight is 491 g/mol. The zero-order valence-electron chi connectivity index (χ0n) is 19.4. The van der Waals surface area contributed by atoms with Gasteiger partial charge in [0.25, 0.3) is 11.3 Å². The van der Waals surface area contributed by atoms with Gasteiger partial charge in [0, 0.05) is 17.1 Å². The van der Waals surface area contributed by atoms with E-state index in [2.05, 4.69) is 4.98 Å². The maximum absolute atomic E-state index is 11.9. The van der Waals surface area contributed by atoms with Crippen LogP contribution in [0.15, 0.2) is 85.1 Å². The zero-order valence-corrected chi connectivity index (χ0v) is 20.2.